The van der Waals surface area contributed by atoms with E-state index in [9.17, 15) is 0 Å². The molecule has 6 heteroatoms. The summed E-state index contributed by atoms with van der Waals surface area (Å²) in [4.78, 5) is 4.75. The SMILES string of the molecule is Cc1cccc2c1oc1c(N(c3cccc4c3Oc3ccccc3C4)c3ccc4ccc5c(N(c6cccc7c8c(oc67)CC=CC=C8)c6cccc7c6oc6c(C)cccc67)ccc6ccc3c4c65)cccc12. The van der Waals surface area contributed by atoms with Crippen molar-refractivity contribution in [3.05, 3.63) is 234 Å². The molecule has 74 heavy (non-hydrogen) atoms. The van der Waals surface area contributed by atoms with Crippen LogP contribution in [-0.2, 0) is 12.8 Å². The molecule has 0 bridgehead atoms. The van der Waals surface area contributed by atoms with Crippen LogP contribution in [0.2, 0.25) is 0 Å². The molecule has 16 rings (SSSR count). The maximum Gasteiger partial charge on any atom is 0.159 e. The summed E-state index contributed by atoms with van der Waals surface area (Å²) in [6.45, 7) is 4.24. The largest absolute Gasteiger partial charge is 0.458 e. The van der Waals surface area contributed by atoms with Crippen LogP contribution < -0.4 is 14.5 Å². The van der Waals surface area contributed by atoms with E-state index in [0.29, 0.717) is 6.42 Å². The van der Waals surface area contributed by atoms with Gasteiger partial charge in [0.1, 0.15) is 22.7 Å². The summed E-state index contributed by atoms with van der Waals surface area (Å²) in [5.74, 6) is 2.66. The number of anilines is 6. The predicted molar refractivity (Wildman–Crippen MR) is 305 cm³/mol. The molecule has 0 atom stereocenters. The van der Waals surface area contributed by atoms with Crippen LogP contribution in [0.4, 0.5) is 34.1 Å². The van der Waals surface area contributed by atoms with Gasteiger partial charge in [0, 0.05) is 61.7 Å². The lowest BCUT2D eigenvalue weighted by Gasteiger charge is -2.32. The van der Waals surface area contributed by atoms with E-state index >= 15 is 0 Å². The van der Waals surface area contributed by atoms with Crippen molar-refractivity contribution in [1.29, 1.82) is 0 Å². The molecule has 4 heterocycles. The molecule has 0 saturated heterocycles. The maximum absolute atomic E-state index is 7.00. The minimum Gasteiger partial charge on any atom is -0.458 e. The van der Waals surface area contributed by atoms with Gasteiger partial charge in [-0.3, -0.25) is 0 Å². The highest BCUT2D eigenvalue weighted by molar-refractivity contribution is 6.29. The lowest BCUT2D eigenvalue weighted by Crippen LogP contribution is -2.14. The van der Waals surface area contributed by atoms with E-state index in [0.717, 1.165) is 156 Å². The van der Waals surface area contributed by atoms with Crippen LogP contribution in [0.5, 0.6) is 11.5 Å². The molecule has 0 unspecified atom stereocenters. The fourth-order valence-corrected chi connectivity index (χ4v) is 12.3. The highest BCUT2D eigenvalue weighted by atomic mass is 16.5. The number of rotatable bonds is 6. The van der Waals surface area contributed by atoms with Crippen molar-refractivity contribution in [2.45, 2.75) is 26.7 Å². The molecular formula is C68H44N2O4. The van der Waals surface area contributed by atoms with Gasteiger partial charge in [-0.25, -0.2) is 0 Å². The molecule has 2 aliphatic rings. The lowest BCUT2D eigenvalue weighted by molar-refractivity contribution is 0.461. The highest BCUT2D eigenvalue weighted by Crippen LogP contribution is 2.54. The first-order valence-corrected chi connectivity index (χ1v) is 25.4. The van der Waals surface area contributed by atoms with Gasteiger partial charge in [0.05, 0.1) is 34.1 Å². The van der Waals surface area contributed by atoms with Crippen LogP contribution in [0.25, 0.3) is 93.2 Å². The van der Waals surface area contributed by atoms with Gasteiger partial charge in [-0.05, 0) is 94.5 Å². The van der Waals surface area contributed by atoms with Gasteiger partial charge < -0.3 is 27.8 Å². The van der Waals surface area contributed by atoms with E-state index in [1.165, 1.54) is 16.3 Å². The molecular weight excluding hydrogens is 909 g/mol. The minimum atomic E-state index is 0.711. The Balaban J connectivity index is 0.977. The number of furan rings is 3. The zero-order chi connectivity index (χ0) is 48.8. The molecule has 0 spiro atoms. The fraction of sp³-hybridized carbons (Fsp3) is 0.0588. The van der Waals surface area contributed by atoms with Gasteiger partial charge in [0.2, 0.25) is 0 Å². The Kier molecular flexibility index (Phi) is 8.61. The number of hydrogen-bond acceptors (Lipinski definition) is 6. The quantitative estimate of drug-likeness (QED) is 0.155. The second kappa shape index (κ2) is 15.5. The Hall–Kier alpha value is -9.52. The highest BCUT2D eigenvalue weighted by Gasteiger charge is 2.31. The molecule has 0 saturated carbocycles. The molecule has 1 aliphatic carbocycles. The second-order valence-electron chi connectivity index (χ2n) is 19.9. The molecule has 0 N–H and O–H groups in total. The van der Waals surface area contributed by atoms with Crippen molar-refractivity contribution in [3.63, 3.8) is 0 Å². The Morgan fingerprint density at radius 2 is 0.878 bits per heavy atom. The number of hydrogen-bond donors (Lipinski definition) is 0. The second-order valence-corrected chi connectivity index (χ2v) is 19.9. The average Bonchev–Trinajstić information content (AvgIpc) is 4.09. The summed E-state index contributed by atoms with van der Waals surface area (Å²) in [6.07, 6.45) is 10.0. The van der Waals surface area contributed by atoms with Crippen LogP contribution in [0, 0.1) is 13.8 Å². The number of benzene rings is 11. The summed E-state index contributed by atoms with van der Waals surface area (Å²) in [5.41, 5.74) is 15.6. The van der Waals surface area contributed by atoms with Gasteiger partial charge in [0.25, 0.3) is 0 Å². The van der Waals surface area contributed by atoms with Gasteiger partial charge >= 0.3 is 0 Å². The Morgan fingerprint density at radius 3 is 1.51 bits per heavy atom. The topological polar surface area (TPSA) is 55.1 Å². The smallest absolute Gasteiger partial charge is 0.159 e. The molecule has 1 aliphatic heterocycles. The zero-order valence-corrected chi connectivity index (χ0v) is 40.6. The predicted octanol–water partition coefficient (Wildman–Crippen LogP) is 19.5. The molecule has 14 aromatic rings. The number of nitrogens with zero attached hydrogens (tertiary/aromatic N) is 2. The van der Waals surface area contributed by atoms with Crippen molar-refractivity contribution in [1.82, 2.24) is 0 Å². The monoisotopic (exact) mass is 952 g/mol. The first kappa shape index (κ1) is 41.1. The van der Waals surface area contributed by atoms with Crippen LogP contribution in [0.3, 0.4) is 0 Å². The summed E-state index contributed by atoms with van der Waals surface area (Å²) in [6, 6.07) is 65.5. The average molecular weight is 953 g/mol. The maximum atomic E-state index is 7.00. The van der Waals surface area contributed by atoms with Gasteiger partial charge in [-0.2, -0.15) is 0 Å². The summed E-state index contributed by atoms with van der Waals surface area (Å²) >= 11 is 0. The van der Waals surface area contributed by atoms with Crippen LogP contribution in [0.15, 0.2) is 213 Å². The van der Waals surface area contributed by atoms with Gasteiger partial charge in [-0.1, -0.05) is 164 Å². The third kappa shape index (κ3) is 5.82. The van der Waals surface area contributed by atoms with E-state index in [-0.39, 0.29) is 0 Å². The number of aryl methyl sites for hydroxylation is 2. The van der Waals surface area contributed by atoms with Gasteiger partial charge in [0.15, 0.2) is 22.5 Å². The molecule has 0 amide bonds. The first-order valence-electron chi connectivity index (χ1n) is 25.4. The van der Waals surface area contributed by atoms with Crippen molar-refractivity contribution < 1.29 is 18.0 Å². The first-order chi connectivity index (χ1) is 36.5. The van der Waals surface area contributed by atoms with E-state index < -0.39 is 0 Å². The van der Waals surface area contributed by atoms with Crippen molar-refractivity contribution >= 4 is 127 Å². The third-order valence-electron chi connectivity index (χ3n) is 15.7. The molecule has 6 nitrogen and oxygen atoms in total. The Morgan fingerprint density at radius 1 is 0.378 bits per heavy atom. The standard InChI is InChI=1S/C68H44N2O4/c1-39-14-8-19-47-49-22-12-26-57(67(49)73-63(39)47)69(55-24-10-17-44-38-43-16-6-7-28-59(43)71-65(44)55)53-36-32-41-31-35-52-54(37-33-42-30-34-51(53)61(41)62(42)52)70(56-25-11-21-46-45-18-4-3-5-29-60(45)72-66(46)56)58-27-13-23-50-48-20-9-15-40(2)64(48)74-68(50)58/h3-28,30-37H,29,38H2,1-2H3. The number of para-hydroxylation sites is 7. The molecule has 0 radical (unpaired) electrons. The van der Waals surface area contributed by atoms with Crippen LogP contribution >= 0.6 is 0 Å². The van der Waals surface area contributed by atoms with Crippen LogP contribution in [0.1, 0.15) is 33.6 Å². The van der Waals surface area contributed by atoms with Crippen molar-refractivity contribution in [2.24, 2.45) is 0 Å². The number of ether oxygens (including phenoxy) is 1. The van der Waals surface area contributed by atoms with E-state index in [2.05, 4.69) is 230 Å². The van der Waals surface area contributed by atoms with Gasteiger partial charge in [-0.15, -0.1) is 0 Å². The third-order valence-corrected chi connectivity index (χ3v) is 15.7. The molecule has 350 valence electrons. The summed E-state index contributed by atoms with van der Waals surface area (Å²) in [5, 5.41) is 12.2. The van der Waals surface area contributed by atoms with Crippen molar-refractivity contribution in [2.75, 3.05) is 9.80 Å². The van der Waals surface area contributed by atoms with Crippen molar-refractivity contribution in [3.8, 4) is 11.5 Å². The van der Waals surface area contributed by atoms with E-state index in [4.69, 9.17) is 18.0 Å². The molecule has 0 fully saturated rings. The van der Waals surface area contributed by atoms with E-state index in [1.54, 1.807) is 0 Å². The van der Waals surface area contributed by atoms with E-state index in [1.807, 2.05) is 0 Å². The summed E-state index contributed by atoms with van der Waals surface area (Å²) in [7, 11) is 0. The normalized spacial score (nSPS) is 13.2. The summed E-state index contributed by atoms with van der Waals surface area (Å²) < 4.78 is 28.0. The minimum absolute atomic E-state index is 0.711. The number of fused-ring (bicyclic) bond motifs is 11. The zero-order valence-electron chi connectivity index (χ0n) is 40.6. The Labute approximate surface area is 425 Å². The Bertz CT molecular complexity index is 4750. The molecule has 11 aromatic carbocycles. The number of allylic oxidation sites excluding steroid dienone is 3. The molecule has 3 aromatic heterocycles. The fourth-order valence-electron chi connectivity index (χ4n) is 12.3. The lowest BCUT2D eigenvalue weighted by atomic mass is 9.91. The van der Waals surface area contributed by atoms with Crippen LogP contribution in [-0.4, -0.2) is 0 Å².